The van der Waals surface area contributed by atoms with Crippen LogP contribution in [-0.2, 0) is 6.42 Å². The highest BCUT2D eigenvalue weighted by Crippen LogP contribution is 2.37. The van der Waals surface area contributed by atoms with Crippen molar-refractivity contribution in [3.05, 3.63) is 17.6 Å². The lowest BCUT2D eigenvalue weighted by molar-refractivity contribution is -0.0936. The number of aromatic nitrogens is 2. The smallest absolute Gasteiger partial charge is 0.135 e. The van der Waals surface area contributed by atoms with Crippen molar-refractivity contribution in [1.29, 1.82) is 0 Å². The molecule has 0 radical (unpaired) electrons. The fourth-order valence-electron chi connectivity index (χ4n) is 2.78. The van der Waals surface area contributed by atoms with Gasteiger partial charge in [0.05, 0.1) is 0 Å². The SMILES string of the molecule is CC1CCc2ncnc(N3CCN(O)CC3)c21. The molecule has 1 N–H and O–H groups in total. The fraction of sp³-hybridized carbons (Fsp3) is 0.667. The maximum atomic E-state index is 9.39. The van der Waals surface area contributed by atoms with Crippen LogP contribution in [-0.4, -0.2) is 46.4 Å². The number of aryl methyl sites for hydroxylation is 1. The minimum absolute atomic E-state index is 0.563. The minimum atomic E-state index is 0.563. The normalized spacial score (nSPS) is 25.1. The summed E-state index contributed by atoms with van der Waals surface area (Å²) in [7, 11) is 0. The lowest BCUT2D eigenvalue weighted by Crippen LogP contribution is -2.45. The molecule has 0 bridgehead atoms. The van der Waals surface area contributed by atoms with E-state index in [9.17, 15) is 5.21 Å². The highest BCUT2D eigenvalue weighted by molar-refractivity contribution is 5.52. The average Bonchev–Trinajstić information content (AvgIpc) is 2.73. The molecule has 1 fully saturated rings. The van der Waals surface area contributed by atoms with Gasteiger partial charge in [0.2, 0.25) is 0 Å². The number of anilines is 1. The Labute approximate surface area is 101 Å². The summed E-state index contributed by atoms with van der Waals surface area (Å²) in [5, 5.41) is 10.8. The number of nitrogens with zero attached hydrogens (tertiary/aromatic N) is 4. The lowest BCUT2D eigenvalue weighted by atomic mass is 10.1. The molecule has 5 heteroatoms. The lowest BCUT2D eigenvalue weighted by Gasteiger charge is -2.33. The Hall–Kier alpha value is -1.20. The van der Waals surface area contributed by atoms with Gasteiger partial charge in [-0.1, -0.05) is 6.92 Å². The first-order chi connectivity index (χ1) is 8.25. The van der Waals surface area contributed by atoms with Crippen LogP contribution in [0.25, 0.3) is 0 Å². The van der Waals surface area contributed by atoms with E-state index in [1.165, 1.54) is 22.7 Å². The molecular formula is C12H18N4O. The van der Waals surface area contributed by atoms with Crippen molar-refractivity contribution >= 4 is 5.82 Å². The first-order valence-corrected chi connectivity index (χ1v) is 6.28. The second-order valence-electron chi connectivity index (χ2n) is 4.94. The van der Waals surface area contributed by atoms with E-state index in [0.29, 0.717) is 19.0 Å². The maximum Gasteiger partial charge on any atom is 0.135 e. The number of rotatable bonds is 1. The molecule has 2 aliphatic rings. The van der Waals surface area contributed by atoms with Crippen molar-refractivity contribution in [2.45, 2.75) is 25.7 Å². The van der Waals surface area contributed by atoms with Gasteiger partial charge in [0, 0.05) is 37.4 Å². The van der Waals surface area contributed by atoms with Crippen LogP contribution in [0.5, 0.6) is 0 Å². The van der Waals surface area contributed by atoms with E-state index in [-0.39, 0.29) is 0 Å². The van der Waals surface area contributed by atoms with Gasteiger partial charge in [-0.3, -0.25) is 0 Å². The summed E-state index contributed by atoms with van der Waals surface area (Å²) in [6.07, 6.45) is 3.94. The van der Waals surface area contributed by atoms with Gasteiger partial charge in [0.15, 0.2) is 0 Å². The molecule has 5 nitrogen and oxygen atoms in total. The summed E-state index contributed by atoms with van der Waals surface area (Å²) in [5.74, 6) is 1.65. The molecule has 2 heterocycles. The monoisotopic (exact) mass is 234 g/mol. The first kappa shape index (κ1) is 10.9. The Balaban J connectivity index is 1.91. The van der Waals surface area contributed by atoms with E-state index in [4.69, 9.17) is 0 Å². The summed E-state index contributed by atoms with van der Waals surface area (Å²) in [6.45, 7) is 5.31. The minimum Gasteiger partial charge on any atom is -0.354 e. The Morgan fingerprint density at radius 1 is 1.24 bits per heavy atom. The first-order valence-electron chi connectivity index (χ1n) is 6.28. The molecule has 1 aromatic heterocycles. The van der Waals surface area contributed by atoms with Gasteiger partial charge in [-0.25, -0.2) is 9.97 Å². The Morgan fingerprint density at radius 2 is 2.00 bits per heavy atom. The second kappa shape index (κ2) is 4.23. The van der Waals surface area contributed by atoms with Crippen molar-refractivity contribution in [2.24, 2.45) is 0 Å². The Bertz CT molecular complexity index is 415. The summed E-state index contributed by atoms with van der Waals surface area (Å²) in [4.78, 5) is 11.1. The van der Waals surface area contributed by atoms with Crippen LogP contribution in [0.2, 0.25) is 0 Å². The molecule has 1 aliphatic carbocycles. The van der Waals surface area contributed by atoms with E-state index in [1.54, 1.807) is 6.33 Å². The quantitative estimate of drug-likeness (QED) is 0.786. The topological polar surface area (TPSA) is 52.5 Å². The molecule has 1 unspecified atom stereocenters. The van der Waals surface area contributed by atoms with Crippen LogP contribution >= 0.6 is 0 Å². The molecule has 0 saturated carbocycles. The summed E-state index contributed by atoms with van der Waals surface area (Å²) in [6, 6.07) is 0. The van der Waals surface area contributed by atoms with Gasteiger partial charge in [0.25, 0.3) is 0 Å². The van der Waals surface area contributed by atoms with Gasteiger partial charge in [-0.2, -0.15) is 5.06 Å². The third kappa shape index (κ3) is 1.89. The van der Waals surface area contributed by atoms with E-state index in [1.807, 2.05) is 0 Å². The fourth-order valence-corrected chi connectivity index (χ4v) is 2.78. The molecule has 1 saturated heterocycles. The molecule has 1 atom stereocenters. The molecule has 0 aromatic carbocycles. The van der Waals surface area contributed by atoms with Crippen LogP contribution in [0, 0.1) is 0 Å². The van der Waals surface area contributed by atoms with Crippen LogP contribution in [0.3, 0.4) is 0 Å². The third-order valence-corrected chi connectivity index (χ3v) is 3.81. The van der Waals surface area contributed by atoms with Crippen molar-refractivity contribution in [2.75, 3.05) is 31.1 Å². The summed E-state index contributed by atoms with van der Waals surface area (Å²) in [5.41, 5.74) is 2.55. The van der Waals surface area contributed by atoms with Crippen LogP contribution in [0.1, 0.15) is 30.5 Å². The molecular weight excluding hydrogens is 216 g/mol. The van der Waals surface area contributed by atoms with E-state index < -0.39 is 0 Å². The van der Waals surface area contributed by atoms with Gasteiger partial charge in [0.1, 0.15) is 12.1 Å². The van der Waals surface area contributed by atoms with Crippen LogP contribution in [0.4, 0.5) is 5.82 Å². The average molecular weight is 234 g/mol. The molecule has 0 amide bonds. The van der Waals surface area contributed by atoms with Gasteiger partial charge in [-0.05, 0) is 18.8 Å². The molecule has 1 aromatic rings. The number of hydrogen-bond acceptors (Lipinski definition) is 5. The maximum absolute atomic E-state index is 9.39. The number of hydrogen-bond donors (Lipinski definition) is 1. The van der Waals surface area contributed by atoms with Crippen molar-refractivity contribution in [1.82, 2.24) is 15.0 Å². The Kier molecular flexibility index (Phi) is 2.72. The van der Waals surface area contributed by atoms with Crippen molar-refractivity contribution < 1.29 is 5.21 Å². The summed E-state index contributed by atoms with van der Waals surface area (Å²) < 4.78 is 0. The number of hydroxylamine groups is 2. The molecule has 92 valence electrons. The number of fused-ring (bicyclic) bond motifs is 1. The molecule has 1 aliphatic heterocycles. The van der Waals surface area contributed by atoms with Crippen LogP contribution < -0.4 is 4.90 Å². The van der Waals surface area contributed by atoms with Crippen LogP contribution in [0.15, 0.2) is 6.33 Å². The zero-order valence-electron chi connectivity index (χ0n) is 10.1. The van der Waals surface area contributed by atoms with E-state index in [2.05, 4.69) is 21.8 Å². The number of piperazine rings is 1. The summed E-state index contributed by atoms with van der Waals surface area (Å²) >= 11 is 0. The van der Waals surface area contributed by atoms with Gasteiger partial charge >= 0.3 is 0 Å². The van der Waals surface area contributed by atoms with Crippen molar-refractivity contribution in [3.8, 4) is 0 Å². The molecule has 3 rings (SSSR count). The van der Waals surface area contributed by atoms with Crippen molar-refractivity contribution in [3.63, 3.8) is 0 Å². The zero-order chi connectivity index (χ0) is 11.8. The highest BCUT2D eigenvalue weighted by Gasteiger charge is 2.27. The molecule has 0 spiro atoms. The standard InChI is InChI=1S/C12H18N4O/c1-9-2-3-10-11(9)12(14-8-13-10)15-4-6-16(17)7-5-15/h8-9,17H,2-7H2,1H3. The zero-order valence-corrected chi connectivity index (χ0v) is 10.1. The Morgan fingerprint density at radius 3 is 2.76 bits per heavy atom. The predicted molar refractivity (Wildman–Crippen MR) is 64.3 cm³/mol. The predicted octanol–water partition coefficient (Wildman–Crippen LogP) is 1.04. The highest BCUT2D eigenvalue weighted by atomic mass is 16.5. The third-order valence-electron chi connectivity index (χ3n) is 3.81. The van der Waals surface area contributed by atoms with Gasteiger partial charge < -0.3 is 10.1 Å². The largest absolute Gasteiger partial charge is 0.354 e. The van der Waals surface area contributed by atoms with E-state index >= 15 is 0 Å². The van der Waals surface area contributed by atoms with E-state index in [0.717, 1.165) is 25.3 Å². The van der Waals surface area contributed by atoms with Gasteiger partial charge in [-0.15, -0.1) is 0 Å². The molecule has 17 heavy (non-hydrogen) atoms. The second-order valence-corrected chi connectivity index (χ2v) is 4.94.